The van der Waals surface area contributed by atoms with Gasteiger partial charge in [0.05, 0.1) is 0 Å². The second-order valence-electron chi connectivity index (χ2n) is 2.77. The van der Waals surface area contributed by atoms with Gasteiger partial charge in [-0.1, -0.05) is 18.2 Å². The van der Waals surface area contributed by atoms with Crippen molar-refractivity contribution < 1.29 is 0 Å². The summed E-state index contributed by atoms with van der Waals surface area (Å²) >= 11 is 5.81. The van der Waals surface area contributed by atoms with Crippen LogP contribution in [0.25, 0.3) is 0 Å². The molecule has 1 aromatic rings. The number of benzene rings is 1. The molecule has 0 aromatic heterocycles. The lowest BCUT2D eigenvalue weighted by Crippen LogP contribution is -2.10. The minimum absolute atomic E-state index is 0.0431. The van der Waals surface area contributed by atoms with Crippen LogP contribution in [-0.2, 0) is 0 Å². The Balaban J connectivity index is 3.00. The Bertz CT molecular complexity index is 312. The van der Waals surface area contributed by atoms with Gasteiger partial charge in [-0.2, -0.15) is 0 Å². The molecule has 0 bridgehead atoms. The van der Waals surface area contributed by atoms with Crippen LogP contribution in [0, 0.1) is 3.57 Å². The third-order valence-electron chi connectivity index (χ3n) is 1.80. The average molecular weight is 352 g/mol. The summed E-state index contributed by atoms with van der Waals surface area (Å²) < 4.78 is 2.29. The summed E-state index contributed by atoms with van der Waals surface area (Å²) in [5.41, 5.74) is 7.12. The van der Waals surface area contributed by atoms with Gasteiger partial charge in [0.1, 0.15) is 0 Å². The number of hydrogen-bond acceptors (Lipinski definition) is 1. The van der Waals surface area contributed by atoms with E-state index in [4.69, 9.17) is 5.73 Å². The zero-order chi connectivity index (χ0) is 9.84. The summed E-state index contributed by atoms with van der Waals surface area (Å²) in [6.07, 6.45) is 2.65. The van der Waals surface area contributed by atoms with Crippen LogP contribution in [0.1, 0.15) is 18.0 Å². The van der Waals surface area contributed by atoms with Crippen molar-refractivity contribution >= 4 is 38.5 Å². The molecular weight excluding hydrogens is 341 g/mol. The average Bonchev–Trinajstić information content (AvgIpc) is 2.10. The molecule has 13 heavy (non-hydrogen) atoms. The number of halogens is 2. The zero-order valence-corrected chi connectivity index (χ0v) is 10.9. The molecular formula is C10H11BrIN. The Morgan fingerprint density at radius 1 is 1.62 bits per heavy atom. The smallest absolute Gasteiger partial charge is 0.0356 e. The summed E-state index contributed by atoms with van der Waals surface area (Å²) in [6.45, 7) is 3.68. The highest BCUT2D eigenvalue weighted by Gasteiger charge is 2.09. The highest BCUT2D eigenvalue weighted by Crippen LogP contribution is 2.28. The maximum atomic E-state index is 5.97. The third kappa shape index (κ3) is 2.79. The summed E-state index contributed by atoms with van der Waals surface area (Å²) in [5.74, 6) is 0. The molecule has 0 fully saturated rings. The van der Waals surface area contributed by atoms with E-state index in [1.165, 1.54) is 3.57 Å². The van der Waals surface area contributed by atoms with Crippen LogP contribution in [0.4, 0.5) is 0 Å². The van der Waals surface area contributed by atoms with Crippen molar-refractivity contribution in [2.75, 3.05) is 0 Å². The molecule has 1 aromatic carbocycles. The maximum absolute atomic E-state index is 5.97. The molecule has 70 valence electrons. The Kier molecular flexibility index (Phi) is 4.41. The van der Waals surface area contributed by atoms with Crippen molar-refractivity contribution in [3.8, 4) is 0 Å². The minimum Gasteiger partial charge on any atom is -0.324 e. The van der Waals surface area contributed by atoms with Crippen LogP contribution in [0.5, 0.6) is 0 Å². The molecule has 1 rings (SSSR count). The predicted molar refractivity (Wildman–Crippen MR) is 68.6 cm³/mol. The highest BCUT2D eigenvalue weighted by atomic mass is 127. The summed E-state index contributed by atoms with van der Waals surface area (Å²) in [6, 6.07) is 6.15. The van der Waals surface area contributed by atoms with Crippen LogP contribution in [-0.4, -0.2) is 0 Å². The lowest BCUT2D eigenvalue weighted by atomic mass is 10.1. The molecule has 0 saturated heterocycles. The monoisotopic (exact) mass is 351 g/mol. The van der Waals surface area contributed by atoms with E-state index in [0.29, 0.717) is 0 Å². The molecule has 0 spiro atoms. The van der Waals surface area contributed by atoms with Gasteiger partial charge in [-0.3, -0.25) is 0 Å². The Hall–Kier alpha value is 0.130. The Morgan fingerprint density at radius 2 is 2.31 bits per heavy atom. The van der Waals surface area contributed by atoms with Crippen LogP contribution in [0.2, 0.25) is 0 Å². The van der Waals surface area contributed by atoms with E-state index in [0.717, 1.165) is 16.5 Å². The fourth-order valence-corrected chi connectivity index (χ4v) is 2.19. The fraction of sp³-hybridized carbons (Fsp3) is 0.200. The minimum atomic E-state index is 0.0431. The van der Waals surface area contributed by atoms with Crippen molar-refractivity contribution in [1.29, 1.82) is 0 Å². The van der Waals surface area contributed by atoms with E-state index in [2.05, 4.69) is 51.2 Å². The second-order valence-corrected chi connectivity index (χ2v) is 4.73. The van der Waals surface area contributed by atoms with Crippen LogP contribution >= 0.6 is 38.5 Å². The molecule has 0 aliphatic heterocycles. The van der Waals surface area contributed by atoms with E-state index in [1.54, 1.807) is 0 Å². The molecule has 0 saturated carbocycles. The molecule has 3 heteroatoms. The first-order valence-electron chi connectivity index (χ1n) is 3.97. The van der Waals surface area contributed by atoms with Crippen molar-refractivity contribution in [2.24, 2.45) is 5.73 Å². The van der Waals surface area contributed by atoms with Crippen LogP contribution in [0.15, 0.2) is 35.3 Å². The third-order valence-corrected chi connectivity index (χ3v) is 4.33. The second kappa shape index (κ2) is 5.12. The standard InChI is InChI=1S/C10H11BrIN/c1-2-4-9(13)7-5-3-6-8(12)10(7)11/h2-3,5-6,9H,1,4,13H2/t9-/m0/s1. The molecule has 0 aliphatic rings. The van der Waals surface area contributed by atoms with Crippen LogP contribution < -0.4 is 5.73 Å². The van der Waals surface area contributed by atoms with E-state index in [1.807, 2.05) is 18.2 Å². The van der Waals surface area contributed by atoms with E-state index in [9.17, 15) is 0 Å². The van der Waals surface area contributed by atoms with Gasteiger partial charge in [0.2, 0.25) is 0 Å². The van der Waals surface area contributed by atoms with Gasteiger partial charge in [0.15, 0.2) is 0 Å². The number of hydrogen-bond donors (Lipinski definition) is 1. The molecule has 0 heterocycles. The zero-order valence-electron chi connectivity index (χ0n) is 7.13. The van der Waals surface area contributed by atoms with Gasteiger partial charge < -0.3 is 5.73 Å². The van der Waals surface area contributed by atoms with E-state index >= 15 is 0 Å². The topological polar surface area (TPSA) is 26.0 Å². The molecule has 0 radical (unpaired) electrons. The van der Waals surface area contributed by atoms with E-state index in [-0.39, 0.29) is 6.04 Å². The lowest BCUT2D eigenvalue weighted by Gasteiger charge is -2.12. The largest absolute Gasteiger partial charge is 0.324 e. The molecule has 0 unspecified atom stereocenters. The van der Waals surface area contributed by atoms with Crippen molar-refractivity contribution in [3.05, 3.63) is 44.5 Å². The van der Waals surface area contributed by atoms with Crippen LogP contribution in [0.3, 0.4) is 0 Å². The molecule has 1 nitrogen and oxygen atoms in total. The first-order chi connectivity index (χ1) is 6.16. The van der Waals surface area contributed by atoms with Crippen molar-refractivity contribution in [3.63, 3.8) is 0 Å². The first kappa shape index (κ1) is 11.2. The normalized spacial score (nSPS) is 12.5. The lowest BCUT2D eigenvalue weighted by molar-refractivity contribution is 0.737. The van der Waals surface area contributed by atoms with Gasteiger partial charge in [0, 0.05) is 14.1 Å². The number of nitrogens with two attached hydrogens (primary N) is 1. The van der Waals surface area contributed by atoms with Gasteiger partial charge in [0.25, 0.3) is 0 Å². The molecule has 2 N–H and O–H groups in total. The van der Waals surface area contributed by atoms with Gasteiger partial charge in [-0.15, -0.1) is 6.58 Å². The Labute approximate surface area is 101 Å². The molecule has 1 atom stereocenters. The van der Waals surface area contributed by atoms with E-state index < -0.39 is 0 Å². The SMILES string of the molecule is C=CC[C@H](N)c1cccc(I)c1Br. The van der Waals surface area contributed by atoms with Gasteiger partial charge in [-0.05, 0) is 56.6 Å². The quantitative estimate of drug-likeness (QED) is 0.653. The first-order valence-corrected chi connectivity index (χ1v) is 5.84. The van der Waals surface area contributed by atoms with Gasteiger partial charge in [-0.25, -0.2) is 0 Å². The summed E-state index contributed by atoms with van der Waals surface area (Å²) in [7, 11) is 0. The van der Waals surface area contributed by atoms with Gasteiger partial charge >= 0.3 is 0 Å². The maximum Gasteiger partial charge on any atom is 0.0356 e. The Morgan fingerprint density at radius 3 is 2.92 bits per heavy atom. The fourth-order valence-electron chi connectivity index (χ4n) is 1.11. The molecule has 0 amide bonds. The highest BCUT2D eigenvalue weighted by molar-refractivity contribution is 14.1. The predicted octanol–water partition coefficient (Wildman–Crippen LogP) is 3.63. The van der Waals surface area contributed by atoms with Crippen molar-refractivity contribution in [2.45, 2.75) is 12.5 Å². The summed E-state index contributed by atoms with van der Waals surface area (Å²) in [4.78, 5) is 0. The molecule has 0 aliphatic carbocycles. The summed E-state index contributed by atoms with van der Waals surface area (Å²) in [5, 5.41) is 0. The van der Waals surface area contributed by atoms with Crippen molar-refractivity contribution in [1.82, 2.24) is 0 Å². The number of rotatable bonds is 3.